The second kappa shape index (κ2) is 6.99. The summed E-state index contributed by atoms with van der Waals surface area (Å²) in [5.74, 6) is -0.239. The first-order valence-electron chi connectivity index (χ1n) is 6.76. The van der Waals surface area contributed by atoms with Crippen LogP contribution in [0.3, 0.4) is 0 Å². The number of benzene rings is 1. The summed E-state index contributed by atoms with van der Waals surface area (Å²) in [5, 5.41) is 14.5. The van der Waals surface area contributed by atoms with Gasteiger partial charge in [0.15, 0.2) is 0 Å². The number of rotatable bonds is 4. The molecule has 0 aliphatic rings. The van der Waals surface area contributed by atoms with E-state index in [-0.39, 0.29) is 18.0 Å². The second-order valence-corrected chi connectivity index (χ2v) is 5.27. The molecule has 6 nitrogen and oxygen atoms in total. The first-order valence-corrected chi connectivity index (χ1v) is 7.14. The molecule has 0 bridgehead atoms. The number of hydrogen-bond acceptors (Lipinski definition) is 4. The smallest absolute Gasteiger partial charge is 0.251 e. The number of hydrogen-bond donors (Lipinski definition) is 2. The van der Waals surface area contributed by atoms with Crippen molar-refractivity contribution in [2.45, 2.75) is 13.8 Å². The Hall–Kier alpha value is -2.78. The van der Waals surface area contributed by atoms with Crippen molar-refractivity contribution in [1.82, 2.24) is 5.32 Å². The van der Waals surface area contributed by atoms with Gasteiger partial charge in [-0.05, 0) is 38.1 Å². The fourth-order valence-electron chi connectivity index (χ4n) is 1.88. The molecular formula is C16H14ClN3O3. The van der Waals surface area contributed by atoms with Gasteiger partial charge in [-0.15, -0.1) is 0 Å². The van der Waals surface area contributed by atoms with Crippen molar-refractivity contribution in [1.29, 1.82) is 5.26 Å². The number of anilines is 1. The summed E-state index contributed by atoms with van der Waals surface area (Å²) in [5.41, 5.74) is 1.34. The fraction of sp³-hybridized carbons (Fsp3) is 0.188. The Morgan fingerprint density at radius 2 is 1.91 bits per heavy atom. The molecular weight excluding hydrogens is 318 g/mol. The van der Waals surface area contributed by atoms with E-state index < -0.39 is 11.8 Å². The number of aryl methyl sites for hydroxylation is 1. The summed E-state index contributed by atoms with van der Waals surface area (Å²) in [7, 11) is 0. The lowest BCUT2D eigenvalue weighted by Gasteiger charge is -2.05. The van der Waals surface area contributed by atoms with Crippen LogP contribution in [-0.2, 0) is 4.79 Å². The van der Waals surface area contributed by atoms with Gasteiger partial charge >= 0.3 is 0 Å². The van der Waals surface area contributed by atoms with Gasteiger partial charge in [-0.1, -0.05) is 11.6 Å². The summed E-state index contributed by atoms with van der Waals surface area (Å²) >= 11 is 5.74. The Morgan fingerprint density at radius 3 is 2.52 bits per heavy atom. The quantitative estimate of drug-likeness (QED) is 0.900. The maximum Gasteiger partial charge on any atom is 0.251 e. The van der Waals surface area contributed by atoms with Crippen LogP contribution in [0.5, 0.6) is 0 Å². The number of furan rings is 1. The molecule has 23 heavy (non-hydrogen) atoms. The van der Waals surface area contributed by atoms with Gasteiger partial charge in [0.05, 0.1) is 6.54 Å². The first kappa shape index (κ1) is 16.6. The van der Waals surface area contributed by atoms with Gasteiger partial charge < -0.3 is 9.73 Å². The zero-order valence-electron chi connectivity index (χ0n) is 12.6. The lowest BCUT2D eigenvalue weighted by molar-refractivity contribution is -0.115. The highest BCUT2D eigenvalue weighted by Crippen LogP contribution is 2.25. The van der Waals surface area contributed by atoms with E-state index in [4.69, 9.17) is 21.3 Å². The van der Waals surface area contributed by atoms with Gasteiger partial charge in [0, 0.05) is 16.1 Å². The van der Waals surface area contributed by atoms with Crippen LogP contribution in [-0.4, -0.2) is 18.4 Å². The molecule has 0 saturated heterocycles. The van der Waals surface area contributed by atoms with Gasteiger partial charge in [-0.3, -0.25) is 14.9 Å². The Kier molecular flexibility index (Phi) is 5.04. The average molecular weight is 332 g/mol. The normalized spacial score (nSPS) is 10.0. The molecule has 2 amide bonds. The zero-order chi connectivity index (χ0) is 17.0. The molecule has 0 fully saturated rings. The largest absolute Gasteiger partial charge is 0.444 e. The molecule has 2 N–H and O–H groups in total. The zero-order valence-corrected chi connectivity index (χ0v) is 13.3. The molecule has 0 atom stereocenters. The minimum atomic E-state index is -0.488. The third-order valence-electron chi connectivity index (χ3n) is 3.27. The van der Waals surface area contributed by atoms with Gasteiger partial charge in [0.2, 0.25) is 11.8 Å². The van der Waals surface area contributed by atoms with E-state index in [1.54, 1.807) is 38.1 Å². The van der Waals surface area contributed by atoms with E-state index in [0.717, 1.165) is 0 Å². The van der Waals surface area contributed by atoms with E-state index in [1.165, 1.54) is 0 Å². The van der Waals surface area contributed by atoms with Crippen molar-refractivity contribution in [3.05, 3.63) is 51.7 Å². The molecule has 2 aromatic rings. The van der Waals surface area contributed by atoms with Gasteiger partial charge in [-0.2, -0.15) is 5.26 Å². The highest BCUT2D eigenvalue weighted by molar-refractivity contribution is 6.30. The number of carbonyl (C=O) groups is 2. The van der Waals surface area contributed by atoms with Crippen LogP contribution in [0.2, 0.25) is 5.02 Å². The molecule has 0 unspecified atom stereocenters. The highest BCUT2D eigenvalue weighted by atomic mass is 35.5. The van der Waals surface area contributed by atoms with E-state index in [9.17, 15) is 9.59 Å². The van der Waals surface area contributed by atoms with Crippen LogP contribution < -0.4 is 10.6 Å². The SMILES string of the molecule is Cc1oc(NC(=O)CNC(=O)c2ccc(Cl)cc2)c(C#N)c1C. The van der Waals surface area contributed by atoms with Crippen LogP contribution in [0.15, 0.2) is 28.7 Å². The molecule has 0 aliphatic heterocycles. The maximum atomic E-state index is 11.9. The number of halogens is 1. The maximum absolute atomic E-state index is 11.9. The number of amides is 2. The van der Waals surface area contributed by atoms with Crippen LogP contribution >= 0.6 is 11.6 Å². The molecule has 2 rings (SSSR count). The third kappa shape index (κ3) is 3.90. The summed E-state index contributed by atoms with van der Waals surface area (Å²) in [6, 6.07) is 8.27. The third-order valence-corrected chi connectivity index (χ3v) is 3.52. The van der Waals surface area contributed by atoms with Crippen LogP contribution in [0.25, 0.3) is 0 Å². The lowest BCUT2D eigenvalue weighted by Crippen LogP contribution is -2.32. The molecule has 1 heterocycles. The summed E-state index contributed by atoms with van der Waals surface area (Å²) in [6.45, 7) is 3.19. The Labute approximate surface area is 138 Å². The van der Waals surface area contributed by atoms with E-state index in [1.807, 2.05) is 6.07 Å². The fourth-order valence-corrected chi connectivity index (χ4v) is 2.01. The summed E-state index contributed by atoms with van der Waals surface area (Å²) in [4.78, 5) is 23.8. The Balaban J connectivity index is 1.96. The number of nitrogens with one attached hydrogen (secondary N) is 2. The van der Waals surface area contributed by atoms with Crippen molar-refractivity contribution in [2.75, 3.05) is 11.9 Å². The van der Waals surface area contributed by atoms with Gasteiger partial charge in [-0.25, -0.2) is 0 Å². The van der Waals surface area contributed by atoms with Crippen molar-refractivity contribution < 1.29 is 14.0 Å². The molecule has 7 heteroatoms. The molecule has 0 saturated carbocycles. The predicted octanol–water partition coefficient (Wildman–Crippen LogP) is 2.79. The Morgan fingerprint density at radius 1 is 1.26 bits per heavy atom. The van der Waals surface area contributed by atoms with Crippen molar-refractivity contribution in [3.8, 4) is 6.07 Å². The van der Waals surface area contributed by atoms with Crippen molar-refractivity contribution >= 4 is 29.3 Å². The minimum Gasteiger partial charge on any atom is -0.444 e. The standard InChI is InChI=1S/C16H14ClN3O3/c1-9-10(2)23-16(13(9)7-18)20-14(21)8-19-15(22)11-3-5-12(17)6-4-11/h3-6H,8H2,1-2H3,(H,19,22)(H,20,21). The monoisotopic (exact) mass is 331 g/mol. The molecule has 0 spiro atoms. The van der Waals surface area contributed by atoms with Crippen LogP contribution in [0, 0.1) is 25.2 Å². The molecule has 1 aromatic heterocycles. The topological polar surface area (TPSA) is 95.1 Å². The summed E-state index contributed by atoms with van der Waals surface area (Å²) < 4.78 is 5.33. The lowest BCUT2D eigenvalue weighted by atomic mass is 10.2. The molecule has 0 radical (unpaired) electrons. The second-order valence-electron chi connectivity index (χ2n) is 4.84. The van der Waals surface area contributed by atoms with Crippen molar-refractivity contribution in [2.24, 2.45) is 0 Å². The van der Waals surface area contributed by atoms with Crippen LogP contribution in [0.4, 0.5) is 5.88 Å². The van der Waals surface area contributed by atoms with Gasteiger partial charge in [0.25, 0.3) is 5.91 Å². The minimum absolute atomic E-state index is 0.0910. The predicted molar refractivity (Wildman–Crippen MR) is 85.3 cm³/mol. The molecule has 1 aromatic carbocycles. The first-order chi connectivity index (χ1) is 10.9. The summed E-state index contributed by atoms with van der Waals surface area (Å²) in [6.07, 6.45) is 0. The molecule has 0 aliphatic carbocycles. The Bertz CT molecular complexity index is 788. The number of carbonyl (C=O) groups excluding carboxylic acids is 2. The highest BCUT2D eigenvalue weighted by Gasteiger charge is 2.17. The van der Waals surface area contributed by atoms with Crippen LogP contribution in [0.1, 0.15) is 27.2 Å². The van der Waals surface area contributed by atoms with Crippen molar-refractivity contribution in [3.63, 3.8) is 0 Å². The average Bonchev–Trinajstić information content (AvgIpc) is 2.79. The molecule has 118 valence electrons. The van der Waals surface area contributed by atoms with E-state index >= 15 is 0 Å². The number of nitrogens with zero attached hydrogens (tertiary/aromatic N) is 1. The number of nitriles is 1. The van der Waals surface area contributed by atoms with E-state index in [2.05, 4.69) is 10.6 Å². The van der Waals surface area contributed by atoms with E-state index in [0.29, 0.717) is 21.9 Å². The van der Waals surface area contributed by atoms with Gasteiger partial charge in [0.1, 0.15) is 17.4 Å².